The first-order chi connectivity index (χ1) is 9.51. The van der Waals surface area contributed by atoms with E-state index in [0.29, 0.717) is 0 Å². The highest BCUT2D eigenvalue weighted by Crippen LogP contribution is 2.26. The Hall–Kier alpha value is -1.74. The van der Waals surface area contributed by atoms with Crippen LogP contribution in [0.25, 0.3) is 0 Å². The summed E-state index contributed by atoms with van der Waals surface area (Å²) in [4.78, 5) is 0. The minimum Gasteiger partial charge on any atom is -0.313 e. The maximum atomic E-state index is 13.4. The average Bonchev–Trinajstić information content (AvgIpc) is 2.38. The number of likely N-dealkylation sites (N-methyl/N-ethyl adjacent to an activating group) is 1. The van der Waals surface area contributed by atoms with Crippen molar-refractivity contribution in [3.8, 4) is 0 Å². The van der Waals surface area contributed by atoms with Gasteiger partial charge in [-0.25, -0.2) is 8.78 Å². The Morgan fingerprint density at radius 2 is 1.50 bits per heavy atom. The summed E-state index contributed by atoms with van der Waals surface area (Å²) in [6.45, 7) is 3.83. The van der Waals surface area contributed by atoms with Crippen molar-refractivity contribution < 1.29 is 8.78 Å². The minimum absolute atomic E-state index is 0.0843. The molecule has 0 radical (unpaired) electrons. The number of hydrogen-bond donors (Lipinski definition) is 1. The van der Waals surface area contributed by atoms with Gasteiger partial charge in [0.15, 0.2) is 0 Å². The fourth-order valence-electron chi connectivity index (χ4n) is 2.68. The van der Waals surface area contributed by atoms with E-state index in [1.807, 2.05) is 20.9 Å². The van der Waals surface area contributed by atoms with Gasteiger partial charge in [0.2, 0.25) is 0 Å². The van der Waals surface area contributed by atoms with Crippen LogP contribution in [0.2, 0.25) is 0 Å². The van der Waals surface area contributed by atoms with E-state index in [2.05, 4.69) is 5.32 Å². The molecule has 2 aromatic rings. The molecule has 0 aromatic heterocycles. The van der Waals surface area contributed by atoms with Gasteiger partial charge in [-0.05, 0) is 73.8 Å². The van der Waals surface area contributed by atoms with E-state index in [-0.39, 0.29) is 17.7 Å². The Balaban J connectivity index is 2.31. The first kappa shape index (κ1) is 14.7. The van der Waals surface area contributed by atoms with Gasteiger partial charge in [-0.3, -0.25) is 0 Å². The Bertz CT molecular complexity index is 567. The second-order valence-corrected chi connectivity index (χ2v) is 5.13. The molecule has 0 amide bonds. The fraction of sp³-hybridized carbons (Fsp3) is 0.294. The third kappa shape index (κ3) is 3.23. The highest BCUT2D eigenvalue weighted by Gasteiger charge is 2.16. The van der Waals surface area contributed by atoms with Gasteiger partial charge in [0, 0.05) is 6.04 Å². The van der Waals surface area contributed by atoms with Gasteiger partial charge in [0.1, 0.15) is 11.6 Å². The SMILES string of the molecule is CNC(Cc1ccc(F)cc1)c1c(C)cc(F)cc1C. The standard InChI is InChI=1S/C17H19F2N/c1-11-8-15(19)9-12(2)17(11)16(20-3)10-13-4-6-14(18)7-5-13/h4-9,16,20H,10H2,1-3H3. The van der Waals surface area contributed by atoms with Gasteiger partial charge in [0.25, 0.3) is 0 Å². The first-order valence-corrected chi connectivity index (χ1v) is 6.69. The lowest BCUT2D eigenvalue weighted by Crippen LogP contribution is -2.21. The molecule has 1 N–H and O–H groups in total. The molecule has 0 fully saturated rings. The van der Waals surface area contributed by atoms with Gasteiger partial charge in [-0.1, -0.05) is 12.1 Å². The minimum atomic E-state index is -0.232. The first-order valence-electron chi connectivity index (χ1n) is 6.69. The third-order valence-corrected chi connectivity index (χ3v) is 3.61. The molecule has 0 aliphatic carbocycles. The van der Waals surface area contributed by atoms with Crippen LogP contribution in [0.4, 0.5) is 8.78 Å². The number of aryl methyl sites for hydroxylation is 2. The van der Waals surface area contributed by atoms with Gasteiger partial charge >= 0.3 is 0 Å². The summed E-state index contributed by atoms with van der Waals surface area (Å²) >= 11 is 0. The Labute approximate surface area is 118 Å². The molecular weight excluding hydrogens is 256 g/mol. The van der Waals surface area contributed by atoms with Crippen molar-refractivity contribution in [2.75, 3.05) is 7.05 Å². The Morgan fingerprint density at radius 3 is 2.00 bits per heavy atom. The van der Waals surface area contributed by atoms with Crippen LogP contribution in [0.1, 0.15) is 28.3 Å². The summed E-state index contributed by atoms with van der Waals surface area (Å²) in [5.41, 5.74) is 4.03. The monoisotopic (exact) mass is 275 g/mol. The lowest BCUT2D eigenvalue weighted by atomic mass is 9.91. The zero-order valence-corrected chi connectivity index (χ0v) is 12.0. The number of nitrogens with one attached hydrogen (secondary N) is 1. The number of hydrogen-bond acceptors (Lipinski definition) is 1. The maximum absolute atomic E-state index is 13.4. The molecule has 106 valence electrons. The van der Waals surface area contributed by atoms with Crippen LogP contribution < -0.4 is 5.32 Å². The number of benzene rings is 2. The van der Waals surface area contributed by atoms with E-state index >= 15 is 0 Å². The highest BCUT2D eigenvalue weighted by atomic mass is 19.1. The van der Waals surface area contributed by atoms with Gasteiger partial charge in [-0.15, -0.1) is 0 Å². The van der Waals surface area contributed by atoms with Gasteiger partial charge in [-0.2, -0.15) is 0 Å². The summed E-state index contributed by atoms with van der Waals surface area (Å²) in [5.74, 6) is -0.440. The van der Waals surface area contributed by atoms with E-state index in [9.17, 15) is 8.78 Å². The zero-order valence-electron chi connectivity index (χ0n) is 12.0. The van der Waals surface area contributed by atoms with Crippen molar-refractivity contribution in [2.24, 2.45) is 0 Å². The molecule has 2 rings (SSSR count). The smallest absolute Gasteiger partial charge is 0.123 e. The molecular formula is C17H19F2N. The normalized spacial score (nSPS) is 12.4. The second-order valence-electron chi connectivity index (χ2n) is 5.13. The van der Waals surface area contributed by atoms with Crippen LogP contribution in [0, 0.1) is 25.5 Å². The molecule has 0 bridgehead atoms. The lowest BCUT2D eigenvalue weighted by Gasteiger charge is -2.21. The summed E-state index contributed by atoms with van der Waals surface area (Å²) in [5, 5.41) is 3.27. The maximum Gasteiger partial charge on any atom is 0.123 e. The molecule has 3 heteroatoms. The summed E-state index contributed by atoms with van der Waals surface area (Å²) < 4.78 is 26.3. The molecule has 0 spiro atoms. The van der Waals surface area contributed by atoms with Crippen molar-refractivity contribution in [1.29, 1.82) is 0 Å². The lowest BCUT2D eigenvalue weighted by molar-refractivity contribution is 0.576. The van der Waals surface area contributed by atoms with Crippen LogP contribution in [-0.4, -0.2) is 7.05 Å². The summed E-state index contributed by atoms with van der Waals surface area (Å²) in [6.07, 6.45) is 0.740. The molecule has 0 saturated heterocycles. The van der Waals surface area contributed by atoms with E-state index in [0.717, 1.165) is 28.7 Å². The predicted octanol–water partition coefficient (Wildman–Crippen LogP) is 4.08. The highest BCUT2D eigenvalue weighted by molar-refractivity contribution is 5.38. The average molecular weight is 275 g/mol. The Morgan fingerprint density at radius 1 is 0.950 bits per heavy atom. The van der Waals surface area contributed by atoms with Crippen molar-refractivity contribution in [3.05, 3.63) is 70.3 Å². The molecule has 0 aliphatic rings. The van der Waals surface area contributed by atoms with Crippen LogP contribution in [0.5, 0.6) is 0 Å². The van der Waals surface area contributed by atoms with E-state index in [1.165, 1.54) is 12.1 Å². The molecule has 1 atom stereocenters. The van der Waals surface area contributed by atoms with Gasteiger partial charge in [0.05, 0.1) is 0 Å². The van der Waals surface area contributed by atoms with E-state index in [1.54, 1.807) is 24.3 Å². The fourth-order valence-corrected chi connectivity index (χ4v) is 2.68. The third-order valence-electron chi connectivity index (χ3n) is 3.61. The van der Waals surface area contributed by atoms with Crippen LogP contribution >= 0.6 is 0 Å². The zero-order chi connectivity index (χ0) is 14.7. The molecule has 2 aromatic carbocycles. The Kier molecular flexibility index (Phi) is 4.50. The molecule has 0 heterocycles. The number of halogens is 2. The van der Waals surface area contributed by atoms with E-state index in [4.69, 9.17) is 0 Å². The molecule has 1 unspecified atom stereocenters. The van der Waals surface area contributed by atoms with Crippen molar-refractivity contribution >= 4 is 0 Å². The van der Waals surface area contributed by atoms with Crippen molar-refractivity contribution in [3.63, 3.8) is 0 Å². The largest absolute Gasteiger partial charge is 0.313 e. The summed E-state index contributed by atoms with van der Waals surface area (Å²) in [6, 6.07) is 9.69. The second kappa shape index (κ2) is 6.14. The van der Waals surface area contributed by atoms with Crippen LogP contribution in [0.15, 0.2) is 36.4 Å². The number of rotatable bonds is 4. The summed E-state index contributed by atoms with van der Waals surface area (Å²) in [7, 11) is 1.89. The topological polar surface area (TPSA) is 12.0 Å². The van der Waals surface area contributed by atoms with Gasteiger partial charge < -0.3 is 5.32 Å². The molecule has 0 aliphatic heterocycles. The van der Waals surface area contributed by atoms with Crippen LogP contribution in [0.3, 0.4) is 0 Å². The predicted molar refractivity (Wildman–Crippen MR) is 77.8 cm³/mol. The molecule has 1 nitrogen and oxygen atoms in total. The van der Waals surface area contributed by atoms with Crippen LogP contribution in [-0.2, 0) is 6.42 Å². The molecule has 0 saturated carbocycles. The van der Waals surface area contributed by atoms with Crippen molar-refractivity contribution in [2.45, 2.75) is 26.3 Å². The quantitative estimate of drug-likeness (QED) is 0.886. The van der Waals surface area contributed by atoms with Crippen molar-refractivity contribution in [1.82, 2.24) is 5.32 Å². The van der Waals surface area contributed by atoms with E-state index < -0.39 is 0 Å². The molecule has 20 heavy (non-hydrogen) atoms.